The maximum Gasteiger partial charge on any atom is 0.255 e. The summed E-state index contributed by atoms with van der Waals surface area (Å²) in [7, 11) is 0. The number of rotatable bonds is 7. The van der Waals surface area contributed by atoms with E-state index in [1.807, 2.05) is 24.3 Å². The molecule has 0 aliphatic heterocycles. The number of ether oxygens (including phenoxy) is 1. The Morgan fingerprint density at radius 3 is 2.70 bits per heavy atom. The maximum absolute atomic E-state index is 10.6. The number of carbonyl (C=O) groups is 1. The molecule has 5 heteroatoms. The normalized spacial score (nSPS) is 12.1. The van der Waals surface area contributed by atoms with Crippen LogP contribution in [0.2, 0.25) is 0 Å². The quantitative estimate of drug-likeness (QED) is 0.823. The highest BCUT2D eigenvalue weighted by Gasteiger charge is 2.05. The molecular formula is C15H18N2O2S. The van der Waals surface area contributed by atoms with Crippen molar-refractivity contribution in [3.63, 3.8) is 0 Å². The van der Waals surface area contributed by atoms with Gasteiger partial charge in [0.2, 0.25) is 0 Å². The van der Waals surface area contributed by atoms with E-state index in [4.69, 9.17) is 10.5 Å². The number of hydrogen-bond donors (Lipinski definition) is 2. The highest BCUT2D eigenvalue weighted by molar-refractivity contribution is 7.10. The van der Waals surface area contributed by atoms with Gasteiger partial charge in [0.25, 0.3) is 5.91 Å². The van der Waals surface area contributed by atoms with Crippen LogP contribution >= 0.6 is 11.3 Å². The van der Waals surface area contributed by atoms with Crippen molar-refractivity contribution in [1.82, 2.24) is 5.32 Å². The number of hydrogen-bond acceptors (Lipinski definition) is 4. The lowest BCUT2D eigenvalue weighted by molar-refractivity contribution is -0.119. The van der Waals surface area contributed by atoms with Crippen LogP contribution in [0.3, 0.4) is 0 Å². The third kappa shape index (κ3) is 4.36. The van der Waals surface area contributed by atoms with Crippen molar-refractivity contribution in [3.05, 3.63) is 52.2 Å². The number of benzene rings is 1. The first-order valence-corrected chi connectivity index (χ1v) is 7.30. The van der Waals surface area contributed by atoms with Gasteiger partial charge in [-0.2, -0.15) is 0 Å². The predicted molar refractivity (Wildman–Crippen MR) is 80.7 cm³/mol. The molecular weight excluding hydrogens is 272 g/mol. The molecule has 1 amide bonds. The lowest BCUT2D eigenvalue weighted by Crippen LogP contribution is -2.20. The van der Waals surface area contributed by atoms with E-state index < -0.39 is 5.91 Å². The Labute approximate surface area is 122 Å². The van der Waals surface area contributed by atoms with Gasteiger partial charge in [-0.25, -0.2) is 0 Å². The third-order valence-electron chi connectivity index (χ3n) is 2.89. The van der Waals surface area contributed by atoms with Gasteiger partial charge in [-0.1, -0.05) is 18.2 Å². The molecule has 1 heterocycles. The van der Waals surface area contributed by atoms with Gasteiger partial charge >= 0.3 is 0 Å². The molecule has 0 bridgehead atoms. The minimum absolute atomic E-state index is 0.0903. The van der Waals surface area contributed by atoms with Gasteiger partial charge in [0.15, 0.2) is 6.61 Å². The number of nitrogens with two attached hydrogens (primary N) is 1. The van der Waals surface area contributed by atoms with Crippen LogP contribution in [0, 0.1) is 0 Å². The zero-order chi connectivity index (χ0) is 14.4. The average molecular weight is 290 g/mol. The Balaban J connectivity index is 1.83. The molecule has 0 unspecified atom stereocenters. The molecule has 1 aromatic carbocycles. The molecule has 0 aliphatic carbocycles. The van der Waals surface area contributed by atoms with E-state index in [9.17, 15) is 4.79 Å². The first kappa shape index (κ1) is 14.6. The molecule has 20 heavy (non-hydrogen) atoms. The van der Waals surface area contributed by atoms with Crippen molar-refractivity contribution in [2.24, 2.45) is 5.73 Å². The molecule has 0 spiro atoms. The van der Waals surface area contributed by atoms with Crippen LogP contribution in [0.5, 0.6) is 5.75 Å². The number of amides is 1. The lowest BCUT2D eigenvalue weighted by atomic mass is 10.2. The first-order chi connectivity index (χ1) is 9.65. The highest BCUT2D eigenvalue weighted by atomic mass is 32.1. The molecule has 106 valence electrons. The molecule has 0 radical (unpaired) electrons. The van der Waals surface area contributed by atoms with Crippen LogP contribution in [0.4, 0.5) is 0 Å². The van der Waals surface area contributed by atoms with Crippen molar-refractivity contribution in [2.45, 2.75) is 19.5 Å². The Morgan fingerprint density at radius 1 is 1.35 bits per heavy atom. The summed E-state index contributed by atoms with van der Waals surface area (Å²) in [5.74, 6) is 0.180. The Kier molecular flexibility index (Phi) is 5.15. The second kappa shape index (κ2) is 7.07. The van der Waals surface area contributed by atoms with Crippen LogP contribution in [-0.4, -0.2) is 12.5 Å². The fourth-order valence-electron chi connectivity index (χ4n) is 1.77. The largest absolute Gasteiger partial charge is 0.484 e. The number of nitrogens with one attached hydrogen (secondary N) is 1. The fraction of sp³-hybridized carbons (Fsp3) is 0.267. The molecule has 1 atom stereocenters. The minimum atomic E-state index is -0.472. The van der Waals surface area contributed by atoms with Gasteiger partial charge in [0, 0.05) is 17.5 Å². The van der Waals surface area contributed by atoms with E-state index in [1.54, 1.807) is 11.3 Å². The van der Waals surface area contributed by atoms with E-state index in [-0.39, 0.29) is 6.61 Å². The molecule has 0 saturated heterocycles. The van der Waals surface area contributed by atoms with Crippen LogP contribution in [0.15, 0.2) is 41.8 Å². The Bertz CT molecular complexity index is 538. The van der Waals surface area contributed by atoms with Gasteiger partial charge in [-0.05, 0) is 36.1 Å². The molecule has 4 nitrogen and oxygen atoms in total. The molecule has 3 N–H and O–H groups in total. The third-order valence-corrected chi connectivity index (χ3v) is 3.94. The maximum atomic E-state index is 10.6. The Morgan fingerprint density at radius 2 is 2.10 bits per heavy atom. The Hall–Kier alpha value is -1.85. The highest BCUT2D eigenvalue weighted by Crippen LogP contribution is 2.19. The number of primary amides is 1. The standard InChI is InChI=1S/C15H18N2O2S/c1-11(14-3-2-8-20-14)17-9-12-4-6-13(7-5-12)19-10-15(16)18/h2-8,11,17H,9-10H2,1H3,(H2,16,18)/t11-/m0/s1. The van der Waals surface area contributed by atoms with Gasteiger partial charge in [0.1, 0.15) is 5.75 Å². The first-order valence-electron chi connectivity index (χ1n) is 6.42. The van der Waals surface area contributed by atoms with Crippen molar-refractivity contribution in [1.29, 1.82) is 0 Å². The van der Waals surface area contributed by atoms with Gasteiger partial charge in [-0.15, -0.1) is 11.3 Å². The van der Waals surface area contributed by atoms with Crippen LogP contribution < -0.4 is 15.8 Å². The van der Waals surface area contributed by atoms with Crippen LogP contribution in [0.1, 0.15) is 23.4 Å². The summed E-state index contributed by atoms with van der Waals surface area (Å²) in [5.41, 5.74) is 6.19. The van der Waals surface area contributed by atoms with Crippen molar-refractivity contribution < 1.29 is 9.53 Å². The van der Waals surface area contributed by atoms with E-state index in [1.165, 1.54) is 10.4 Å². The summed E-state index contributed by atoms with van der Waals surface area (Å²) in [5, 5.41) is 5.55. The summed E-state index contributed by atoms with van der Waals surface area (Å²) >= 11 is 1.75. The summed E-state index contributed by atoms with van der Waals surface area (Å²) in [4.78, 5) is 11.9. The van der Waals surface area contributed by atoms with E-state index in [0.717, 1.165) is 6.54 Å². The fourth-order valence-corrected chi connectivity index (χ4v) is 2.53. The van der Waals surface area contributed by atoms with E-state index in [0.29, 0.717) is 11.8 Å². The zero-order valence-electron chi connectivity index (χ0n) is 11.3. The smallest absolute Gasteiger partial charge is 0.255 e. The van der Waals surface area contributed by atoms with Crippen LogP contribution in [-0.2, 0) is 11.3 Å². The SMILES string of the molecule is C[C@H](NCc1ccc(OCC(N)=O)cc1)c1cccs1. The van der Waals surface area contributed by atoms with Crippen molar-refractivity contribution in [2.75, 3.05) is 6.61 Å². The lowest BCUT2D eigenvalue weighted by Gasteiger charge is -2.12. The van der Waals surface area contributed by atoms with Gasteiger partial charge in [0.05, 0.1) is 0 Å². The number of thiophene rings is 1. The molecule has 0 aliphatic rings. The van der Waals surface area contributed by atoms with Gasteiger partial charge in [-0.3, -0.25) is 4.79 Å². The van der Waals surface area contributed by atoms with Crippen molar-refractivity contribution >= 4 is 17.2 Å². The summed E-state index contributed by atoms with van der Waals surface area (Å²) in [6.45, 7) is 2.85. The monoisotopic (exact) mass is 290 g/mol. The summed E-state index contributed by atoms with van der Waals surface area (Å²) in [6, 6.07) is 12.2. The second-order valence-corrected chi connectivity index (χ2v) is 5.50. The minimum Gasteiger partial charge on any atom is -0.484 e. The second-order valence-electron chi connectivity index (χ2n) is 4.52. The number of carbonyl (C=O) groups excluding carboxylic acids is 1. The van der Waals surface area contributed by atoms with Crippen molar-refractivity contribution in [3.8, 4) is 5.75 Å². The van der Waals surface area contributed by atoms with Gasteiger partial charge < -0.3 is 15.8 Å². The summed E-state index contributed by atoms with van der Waals surface area (Å²) in [6.07, 6.45) is 0. The van der Waals surface area contributed by atoms with E-state index >= 15 is 0 Å². The summed E-state index contributed by atoms with van der Waals surface area (Å²) < 4.78 is 5.21. The molecule has 1 aromatic heterocycles. The molecule has 2 aromatic rings. The molecule has 0 saturated carbocycles. The zero-order valence-corrected chi connectivity index (χ0v) is 12.2. The molecule has 2 rings (SSSR count). The van der Waals surface area contributed by atoms with Crippen LogP contribution in [0.25, 0.3) is 0 Å². The molecule has 0 fully saturated rings. The van der Waals surface area contributed by atoms with E-state index in [2.05, 4.69) is 29.8 Å². The average Bonchev–Trinajstić information content (AvgIpc) is 2.98. The predicted octanol–water partition coefficient (Wildman–Crippen LogP) is 2.46. The topological polar surface area (TPSA) is 64.3 Å².